The molecule has 142 valence electrons. The van der Waals surface area contributed by atoms with Gasteiger partial charge < -0.3 is 15.5 Å². The molecular formula is C16H35N5O2S. The van der Waals surface area contributed by atoms with Crippen LogP contribution in [0.1, 0.15) is 45.4 Å². The second-order valence-corrected chi connectivity index (χ2v) is 8.15. The molecule has 0 radical (unpaired) electrons. The van der Waals surface area contributed by atoms with Crippen molar-refractivity contribution in [2.24, 2.45) is 4.99 Å². The van der Waals surface area contributed by atoms with Crippen LogP contribution in [0, 0.1) is 0 Å². The molecule has 0 aliphatic carbocycles. The maximum absolute atomic E-state index is 11.0. The number of aliphatic imine (C=N–C) groups is 1. The van der Waals surface area contributed by atoms with Crippen LogP contribution in [-0.2, 0) is 10.0 Å². The molecule has 1 heterocycles. The average molecular weight is 362 g/mol. The van der Waals surface area contributed by atoms with Crippen molar-refractivity contribution in [1.82, 2.24) is 20.3 Å². The van der Waals surface area contributed by atoms with Gasteiger partial charge in [0.1, 0.15) is 0 Å². The number of nitrogens with one attached hydrogen (secondary N) is 3. The Balaban J connectivity index is 2.18. The van der Waals surface area contributed by atoms with E-state index in [1.54, 1.807) is 0 Å². The van der Waals surface area contributed by atoms with Gasteiger partial charge in [-0.1, -0.05) is 12.8 Å². The summed E-state index contributed by atoms with van der Waals surface area (Å²) in [5.41, 5.74) is 0. The monoisotopic (exact) mass is 361 g/mol. The maximum atomic E-state index is 11.0. The molecule has 1 aliphatic heterocycles. The van der Waals surface area contributed by atoms with E-state index in [0.29, 0.717) is 13.1 Å². The number of likely N-dealkylation sites (tertiary alicyclic amines) is 1. The molecule has 1 rings (SSSR count). The molecule has 7 nitrogen and oxygen atoms in total. The van der Waals surface area contributed by atoms with E-state index in [1.807, 2.05) is 6.92 Å². The van der Waals surface area contributed by atoms with Crippen molar-refractivity contribution < 1.29 is 8.42 Å². The van der Waals surface area contributed by atoms with Crippen molar-refractivity contribution in [1.29, 1.82) is 0 Å². The second-order valence-electron chi connectivity index (χ2n) is 6.32. The molecule has 24 heavy (non-hydrogen) atoms. The van der Waals surface area contributed by atoms with Crippen molar-refractivity contribution in [3.8, 4) is 0 Å². The number of nitrogens with zero attached hydrogens (tertiary/aromatic N) is 2. The van der Waals surface area contributed by atoms with Gasteiger partial charge in [0.25, 0.3) is 0 Å². The van der Waals surface area contributed by atoms with Crippen LogP contribution in [0.4, 0.5) is 0 Å². The molecule has 0 aromatic carbocycles. The molecule has 0 spiro atoms. The Hall–Kier alpha value is -0.860. The SMILES string of the molecule is CCNC(=NCCCN1CCCCCC1)NCCCNS(C)(=O)=O. The van der Waals surface area contributed by atoms with E-state index in [9.17, 15) is 8.42 Å². The quantitative estimate of drug-likeness (QED) is 0.304. The van der Waals surface area contributed by atoms with E-state index >= 15 is 0 Å². The van der Waals surface area contributed by atoms with Gasteiger partial charge in [0.15, 0.2) is 5.96 Å². The molecule has 0 atom stereocenters. The molecule has 1 fully saturated rings. The third-order valence-electron chi connectivity index (χ3n) is 3.96. The van der Waals surface area contributed by atoms with Crippen LogP contribution in [0.15, 0.2) is 4.99 Å². The molecule has 0 aromatic heterocycles. The minimum atomic E-state index is -3.09. The van der Waals surface area contributed by atoms with Gasteiger partial charge in [-0.05, 0) is 52.2 Å². The Morgan fingerprint density at radius 1 is 1.04 bits per heavy atom. The van der Waals surface area contributed by atoms with Gasteiger partial charge in [-0.25, -0.2) is 13.1 Å². The Morgan fingerprint density at radius 3 is 2.38 bits per heavy atom. The Kier molecular flexibility index (Phi) is 11.0. The van der Waals surface area contributed by atoms with Gasteiger partial charge in [0.05, 0.1) is 6.26 Å². The zero-order valence-electron chi connectivity index (χ0n) is 15.3. The first kappa shape index (κ1) is 21.2. The highest BCUT2D eigenvalue weighted by Gasteiger charge is 2.08. The van der Waals surface area contributed by atoms with E-state index in [-0.39, 0.29) is 0 Å². The topological polar surface area (TPSA) is 85.8 Å². The maximum Gasteiger partial charge on any atom is 0.208 e. The Morgan fingerprint density at radius 2 is 1.75 bits per heavy atom. The fourth-order valence-electron chi connectivity index (χ4n) is 2.74. The first-order chi connectivity index (χ1) is 11.5. The van der Waals surface area contributed by atoms with E-state index < -0.39 is 10.0 Å². The van der Waals surface area contributed by atoms with E-state index in [0.717, 1.165) is 38.4 Å². The lowest BCUT2D eigenvalue weighted by molar-refractivity contribution is 0.283. The van der Waals surface area contributed by atoms with Crippen molar-refractivity contribution in [3.63, 3.8) is 0 Å². The Bertz CT molecular complexity index is 445. The van der Waals surface area contributed by atoms with Crippen molar-refractivity contribution in [2.45, 2.75) is 45.4 Å². The van der Waals surface area contributed by atoms with Crippen LogP contribution < -0.4 is 15.4 Å². The molecule has 0 amide bonds. The number of hydrogen-bond acceptors (Lipinski definition) is 4. The van der Waals surface area contributed by atoms with Crippen LogP contribution >= 0.6 is 0 Å². The lowest BCUT2D eigenvalue weighted by Gasteiger charge is -2.19. The fraction of sp³-hybridized carbons (Fsp3) is 0.938. The fourth-order valence-corrected chi connectivity index (χ4v) is 3.25. The number of guanidine groups is 1. The first-order valence-corrected chi connectivity index (χ1v) is 11.1. The van der Waals surface area contributed by atoms with Crippen molar-refractivity contribution in [3.05, 3.63) is 0 Å². The van der Waals surface area contributed by atoms with Gasteiger partial charge >= 0.3 is 0 Å². The second kappa shape index (κ2) is 12.5. The molecule has 0 aromatic rings. The third-order valence-corrected chi connectivity index (χ3v) is 4.68. The largest absolute Gasteiger partial charge is 0.357 e. The molecule has 1 aliphatic rings. The molecule has 1 saturated heterocycles. The summed E-state index contributed by atoms with van der Waals surface area (Å²) in [6.07, 6.45) is 8.38. The summed E-state index contributed by atoms with van der Waals surface area (Å²) in [6.45, 7) is 8.40. The average Bonchev–Trinajstić information content (AvgIpc) is 2.78. The van der Waals surface area contributed by atoms with Gasteiger partial charge in [0.2, 0.25) is 10.0 Å². The lowest BCUT2D eigenvalue weighted by atomic mass is 10.2. The van der Waals surface area contributed by atoms with Crippen LogP contribution in [-0.4, -0.2) is 71.3 Å². The zero-order valence-corrected chi connectivity index (χ0v) is 16.1. The van der Waals surface area contributed by atoms with Crippen LogP contribution in [0.5, 0.6) is 0 Å². The normalized spacial score (nSPS) is 17.5. The molecule has 0 bridgehead atoms. The highest BCUT2D eigenvalue weighted by molar-refractivity contribution is 7.88. The molecule has 0 unspecified atom stereocenters. The standard InChI is InChI=1S/C16H35N5O2S/c1-3-17-16(18-10-8-12-20-24(2,22)23)19-11-9-15-21-13-6-4-5-7-14-21/h20H,3-15H2,1-2H3,(H2,17,18,19). The summed E-state index contributed by atoms with van der Waals surface area (Å²) in [4.78, 5) is 7.15. The van der Waals surface area contributed by atoms with Crippen molar-refractivity contribution >= 4 is 16.0 Å². The predicted octanol–water partition coefficient (Wildman–Crippen LogP) is 0.747. The van der Waals surface area contributed by atoms with Gasteiger partial charge in [-0.3, -0.25) is 4.99 Å². The molecule has 0 saturated carbocycles. The smallest absolute Gasteiger partial charge is 0.208 e. The number of hydrogen-bond donors (Lipinski definition) is 3. The lowest BCUT2D eigenvalue weighted by Crippen LogP contribution is -2.39. The first-order valence-electron chi connectivity index (χ1n) is 9.20. The number of sulfonamides is 1. The third kappa shape index (κ3) is 11.6. The van der Waals surface area contributed by atoms with E-state index in [4.69, 9.17) is 0 Å². The van der Waals surface area contributed by atoms with Crippen LogP contribution in [0.3, 0.4) is 0 Å². The summed E-state index contributed by atoms with van der Waals surface area (Å²) < 4.78 is 24.5. The minimum Gasteiger partial charge on any atom is -0.357 e. The summed E-state index contributed by atoms with van der Waals surface area (Å²) in [7, 11) is -3.09. The summed E-state index contributed by atoms with van der Waals surface area (Å²) in [6, 6.07) is 0. The highest BCUT2D eigenvalue weighted by atomic mass is 32.2. The van der Waals surface area contributed by atoms with Gasteiger partial charge in [0, 0.05) is 26.2 Å². The molecule has 8 heteroatoms. The van der Waals surface area contributed by atoms with Crippen molar-refractivity contribution in [2.75, 3.05) is 52.1 Å². The van der Waals surface area contributed by atoms with Crippen LogP contribution in [0.2, 0.25) is 0 Å². The summed E-state index contributed by atoms with van der Waals surface area (Å²) >= 11 is 0. The highest BCUT2D eigenvalue weighted by Crippen LogP contribution is 2.09. The molecule has 3 N–H and O–H groups in total. The van der Waals surface area contributed by atoms with E-state index in [1.165, 1.54) is 45.0 Å². The Labute approximate surface area is 147 Å². The minimum absolute atomic E-state index is 0.445. The summed E-state index contributed by atoms with van der Waals surface area (Å²) in [5, 5.41) is 6.47. The van der Waals surface area contributed by atoms with Gasteiger partial charge in [-0.2, -0.15) is 0 Å². The zero-order chi connectivity index (χ0) is 17.7. The summed E-state index contributed by atoms with van der Waals surface area (Å²) in [5.74, 6) is 0.813. The van der Waals surface area contributed by atoms with E-state index in [2.05, 4.69) is 25.2 Å². The number of rotatable bonds is 10. The van der Waals surface area contributed by atoms with Crippen LogP contribution in [0.25, 0.3) is 0 Å². The predicted molar refractivity (Wildman–Crippen MR) is 101 cm³/mol. The van der Waals surface area contributed by atoms with Gasteiger partial charge in [-0.15, -0.1) is 0 Å². The molecular weight excluding hydrogens is 326 g/mol.